The number of carbonyl (C=O) groups is 2. The lowest BCUT2D eigenvalue weighted by atomic mass is 10.1. The van der Waals surface area contributed by atoms with Crippen molar-refractivity contribution in [2.24, 2.45) is 0 Å². The second kappa shape index (κ2) is 12.3. The standard InChI is InChI=1S/C29H34N4O3/c1-21-11-13-22(14-12-21)18-31-28(35)25-19-33(17-15-23-8-6-7-16-30-23)20-26(27(25)34)29(36)32-24-9-4-2-3-5-10-24/h6-8,11-14,16,19-20,24H,2-5,9-10,15,17-18H2,1H3,(H,31,35)(H,32,36). The predicted octanol–water partition coefficient (Wildman–Crippen LogP) is 4.18. The summed E-state index contributed by atoms with van der Waals surface area (Å²) in [5.74, 6) is -0.900. The maximum absolute atomic E-state index is 13.3. The van der Waals surface area contributed by atoms with Crippen molar-refractivity contribution in [1.29, 1.82) is 0 Å². The fourth-order valence-electron chi connectivity index (χ4n) is 4.54. The van der Waals surface area contributed by atoms with Crippen LogP contribution in [0.3, 0.4) is 0 Å². The summed E-state index contributed by atoms with van der Waals surface area (Å²) in [5.41, 5.74) is 2.39. The van der Waals surface area contributed by atoms with Crippen LogP contribution in [-0.4, -0.2) is 27.4 Å². The molecule has 7 heteroatoms. The van der Waals surface area contributed by atoms with Gasteiger partial charge in [-0.25, -0.2) is 0 Å². The molecule has 0 saturated heterocycles. The Balaban J connectivity index is 1.56. The van der Waals surface area contributed by atoms with Gasteiger partial charge in [0.25, 0.3) is 11.8 Å². The summed E-state index contributed by atoms with van der Waals surface area (Å²) in [6.07, 6.45) is 11.8. The van der Waals surface area contributed by atoms with E-state index in [2.05, 4.69) is 15.6 Å². The van der Waals surface area contributed by atoms with E-state index in [0.717, 1.165) is 42.5 Å². The Morgan fingerprint density at radius 2 is 1.64 bits per heavy atom. The highest BCUT2D eigenvalue weighted by Crippen LogP contribution is 2.17. The zero-order chi connectivity index (χ0) is 25.3. The number of aryl methyl sites for hydroxylation is 3. The Morgan fingerprint density at radius 1 is 0.944 bits per heavy atom. The molecule has 0 radical (unpaired) electrons. The van der Waals surface area contributed by atoms with E-state index in [-0.39, 0.29) is 17.2 Å². The number of amides is 2. The number of pyridine rings is 2. The molecule has 1 aliphatic carbocycles. The average Bonchev–Trinajstić information content (AvgIpc) is 3.16. The fraction of sp³-hybridized carbons (Fsp3) is 0.379. The molecular formula is C29H34N4O3. The van der Waals surface area contributed by atoms with Crippen molar-refractivity contribution in [3.05, 3.63) is 99.2 Å². The van der Waals surface area contributed by atoms with Gasteiger partial charge in [0.05, 0.1) is 0 Å². The first kappa shape index (κ1) is 25.4. The molecule has 2 aromatic heterocycles. The number of rotatable bonds is 8. The summed E-state index contributed by atoms with van der Waals surface area (Å²) in [7, 11) is 0. The molecule has 1 fully saturated rings. The van der Waals surface area contributed by atoms with Crippen LogP contribution in [-0.2, 0) is 19.5 Å². The Labute approximate surface area is 212 Å². The van der Waals surface area contributed by atoms with Crippen LogP contribution < -0.4 is 16.1 Å². The zero-order valence-electron chi connectivity index (χ0n) is 20.8. The van der Waals surface area contributed by atoms with E-state index in [4.69, 9.17) is 0 Å². The van der Waals surface area contributed by atoms with Crippen LogP contribution in [0.1, 0.15) is 76.1 Å². The summed E-state index contributed by atoms with van der Waals surface area (Å²) in [4.78, 5) is 43.9. The molecule has 1 aliphatic rings. The first-order valence-electron chi connectivity index (χ1n) is 12.8. The molecule has 2 N–H and O–H groups in total. The highest BCUT2D eigenvalue weighted by atomic mass is 16.2. The first-order chi connectivity index (χ1) is 17.5. The van der Waals surface area contributed by atoms with Gasteiger partial charge in [0.2, 0.25) is 5.43 Å². The van der Waals surface area contributed by atoms with Crippen LogP contribution >= 0.6 is 0 Å². The average molecular weight is 487 g/mol. The van der Waals surface area contributed by atoms with Crippen molar-refractivity contribution >= 4 is 11.8 Å². The molecule has 3 aromatic rings. The maximum atomic E-state index is 13.3. The summed E-state index contributed by atoms with van der Waals surface area (Å²) >= 11 is 0. The Hall–Kier alpha value is -3.74. The van der Waals surface area contributed by atoms with E-state index in [1.807, 2.05) is 49.4 Å². The third kappa shape index (κ3) is 6.90. The van der Waals surface area contributed by atoms with E-state index in [0.29, 0.717) is 19.5 Å². The van der Waals surface area contributed by atoms with E-state index in [1.54, 1.807) is 17.0 Å². The highest BCUT2D eigenvalue weighted by Gasteiger charge is 2.22. The Kier molecular flexibility index (Phi) is 8.66. The molecule has 1 aromatic carbocycles. The molecular weight excluding hydrogens is 452 g/mol. The molecule has 0 atom stereocenters. The summed E-state index contributed by atoms with van der Waals surface area (Å²) < 4.78 is 1.75. The summed E-state index contributed by atoms with van der Waals surface area (Å²) in [6.45, 7) is 2.78. The van der Waals surface area contributed by atoms with Gasteiger partial charge >= 0.3 is 0 Å². The van der Waals surface area contributed by atoms with E-state index in [1.165, 1.54) is 19.0 Å². The third-order valence-electron chi connectivity index (χ3n) is 6.68. The molecule has 4 rings (SSSR count). The topological polar surface area (TPSA) is 93.1 Å². The van der Waals surface area contributed by atoms with Crippen LogP contribution in [0.25, 0.3) is 0 Å². The highest BCUT2D eigenvalue weighted by molar-refractivity contribution is 5.99. The van der Waals surface area contributed by atoms with Gasteiger partial charge in [-0.2, -0.15) is 0 Å². The van der Waals surface area contributed by atoms with Crippen molar-refractivity contribution in [2.45, 2.75) is 71.0 Å². The number of benzene rings is 1. The lowest BCUT2D eigenvalue weighted by Gasteiger charge is -2.17. The van der Waals surface area contributed by atoms with Gasteiger partial charge in [-0.15, -0.1) is 0 Å². The number of nitrogens with zero attached hydrogens (tertiary/aromatic N) is 2. The van der Waals surface area contributed by atoms with Crippen LogP contribution in [0.2, 0.25) is 0 Å². The second-order valence-corrected chi connectivity index (χ2v) is 9.55. The van der Waals surface area contributed by atoms with Gasteiger partial charge in [-0.1, -0.05) is 61.6 Å². The first-order valence-corrected chi connectivity index (χ1v) is 12.8. The predicted molar refractivity (Wildman–Crippen MR) is 140 cm³/mol. The third-order valence-corrected chi connectivity index (χ3v) is 6.68. The van der Waals surface area contributed by atoms with Gasteiger partial charge in [-0.3, -0.25) is 19.4 Å². The zero-order valence-corrected chi connectivity index (χ0v) is 20.8. The van der Waals surface area contributed by atoms with Gasteiger partial charge in [0.1, 0.15) is 11.1 Å². The SMILES string of the molecule is Cc1ccc(CNC(=O)c2cn(CCc3ccccn3)cc(C(=O)NC3CCCCCC3)c2=O)cc1. The van der Waals surface area contributed by atoms with E-state index >= 15 is 0 Å². The quantitative estimate of drug-likeness (QED) is 0.467. The van der Waals surface area contributed by atoms with Gasteiger partial charge in [-0.05, 0) is 37.5 Å². The van der Waals surface area contributed by atoms with Crippen molar-refractivity contribution < 1.29 is 9.59 Å². The van der Waals surface area contributed by atoms with Crippen LogP contribution in [0.15, 0.2) is 65.8 Å². The normalized spacial score (nSPS) is 14.1. The summed E-state index contributed by atoms with van der Waals surface area (Å²) in [5, 5.41) is 5.89. The molecule has 2 amide bonds. The van der Waals surface area contributed by atoms with Gasteiger partial charge < -0.3 is 15.2 Å². The monoisotopic (exact) mass is 486 g/mol. The maximum Gasteiger partial charge on any atom is 0.257 e. The minimum atomic E-state index is -0.545. The van der Waals surface area contributed by atoms with Gasteiger partial charge in [0, 0.05) is 49.8 Å². The largest absolute Gasteiger partial charge is 0.352 e. The van der Waals surface area contributed by atoms with E-state index < -0.39 is 17.2 Å². The van der Waals surface area contributed by atoms with Crippen LogP contribution in [0.4, 0.5) is 0 Å². The lowest BCUT2D eigenvalue weighted by molar-refractivity contribution is 0.0931. The number of nitrogens with one attached hydrogen (secondary N) is 2. The molecule has 36 heavy (non-hydrogen) atoms. The van der Waals surface area contributed by atoms with Crippen LogP contribution in [0.5, 0.6) is 0 Å². The number of hydrogen-bond donors (Lipinski definition) is 2. The molecule has 0 unspecified atom stereocenters. The number of hydrogen-bond acceptors (Lipinski definition) is 4. The fourth-order valence-corrected chi connectivity index (χ4v) is 4.54. The molecule has 0 spiro atoms. The Morgan fingerprint density at radius 3 is 2.31 bits per heavy atom. The minimum absolute atomic E-state index is 0.00301. The minimum Gasteiger partial charge on any atom is -0.352 e. The molecule has 0 aliphatic heterocycles. The number of aromatic nitrogens is 2. The van der Waals surface area contributed by atoms with E-state index in [9.17, 15) is 14.4 Å². The van der Waals surface area contributed by atoms with Crippen molar-refractivity contribution in [3.63, 3.8) is 0 Å². The molecule has 188 valence electrons. The smallest absolute Gasteiger partial charge is 0.257 e. The van der Waals surface area contributed by atoms with Crippen molar-refractivity contribution in [3.8, 4) is 0 Å². The molecule has 2 heterocycles. The lowest BCUT2D eigenvalue weighted by Crippen LogP contribution is -2.39. The molecule has 7 nitrogen and oxygen atoms in total. The molecule has 1 saturated carbocycles. The number of carbonyl (C=O) groups excluding carboxylic acids is 2. The van der Waals surface area contributed by atoms with Crippen molar-refractivity contribution in [1.82, 2.24) is 20.2 Å². The molecule has 0 bridgehead atoms. The Bertz CT molecular complexity index is 1230. The van der Waals surface area contributed by atoms with Gasteiger partial charge in [0.15, 0.2) is 0 Å². The summed E-state index contributed by atoms with van der Waals surface area (Å²) in [6, 6.07) is 13.6. The second-order valence-electron chi connectivity index (χ2n) is 9.55. The van der Waals surface area contributed by atoms with Crippen LogP contribution in [0, 0.1) is 6.92 Å². The van der Waals surface area contributed by atoms with Crippen molar-refractivity contribution in [2.75, 3.05) is 0 Å².